The highest BCUT2D eigenvalue weighted by Gasteiger charge is 2.07. The lowest BCUT2D eigenvalue weighted by Gasteiger charge is -2.03. The third-order valence-corrected chi connectivity index (χ3v) is 2.87. The van der Waals surface area contributed by atoms with Gasteiger partial charge in [-0.2, -0.15) is 16.6 Å². The molecule has 0 spiro atoms. The summed E-state index contributed by atoms with van der Waals surface area (Å²) in [5, 5.41) is 12.3. The number of thiophene rings is 1. The van der Waals surface area contributed by atoms with Crippen molar-refractivity contribution in [1.82, 2.24) is 0 Å². The summed E-state index contributed by atoms with van der Waals surface area (Å²) in [5.74, 6) is -0.339. The third kappa shape index (κ3) is 2.92. The summed E-state index contributed by atoms with van der Waals surface area (Å²) in [4.78, 5) is 11.6. The lowest BCUT2D eigenvalue weighted by molar-refractivity contribution is 0.0473. The van der Waals surface area contributed by atoms with E-state index in [0.717, 1.165) is 5.56 Å². The molecule has 0 atom stereocenters. The van der Waals surface area contributed by atoms with Crippen molar-refractivity contribution >= 4 is 17.3 Å². The first kappa shape index (κ1) is 11.4. The Morgan fingerprint density at radius 2 is 2.29 bits per heavy atom. The predicted octanol–water partition coefficient (Wildman–Crippen LogP) is 2.98. The number of carbonyl (C=O) groups is 1. The monoisotopic (exact) mass is 243 g/mol. The Kier molecular flexibility index (Phi) is 3.53. The molecule has 1 heterocycles. The number of hydrogen-bond donors (Lipinski definition) is 0. The summed E-state index contributed by atoms with van der Waals surface area (Å²) >= 11 is 1.45. The number of carbonyl (C=O) groups excluding carboxylic acids is 1. The van der Waals surface area contributed by atoms with Gasteiger partial charge >= 0.3 is 5.97 Å². The van der Waals surface area contributed by atoms with Crippen molar-refractivity contribution in [2.24, 2.45) is 0 Å². The van der Waals surface area contributed by atoms with E-state index < -0.39 is 0 Å². The molecule has 2 rings (SSSR count). The van der Waals surface area contributed by atoms with E-state index in [4.69, 9.17) is 10.00 Å². The van der Waals surface area contributed by atoms with E-state index in [-0.39, 0.29) is 12.6 Å². The van der Waals surface area contributed by atoms with E-state index in [2.05, 4.69) is 0 Å². The summed E-state index contributed by atoms with van der Waals surface area (Å²) in [6.45, 7) is 0.185. The fourth-order valence-corrected chi connectivity index (χ4v) is 1.97. The number of esters is 1. The Bertz CT molecular complexity index is 555. The van der Waals surface area contributed by atoms with Crippen LogP contribution in [0.3, 0.4) is 0 Å². The van der Waals surface area contributed by atoms with Crippen LogP contribution in [0.1, 0.15) is 21.5 Å². The van der Waals surface area contributed by atoms with Crippen LogP contribution < -0.4 is 0 Å². The smallest absolute Gasteiger partial charge is 0.339 e. The zero-order valence-corrected chi connectivity index (χ0v) is 9.74. The van der Waals surface area contributed by atoms with Gasteiger partial charge in [0.1, 0.15) is 6.61 Å². The zero-order chi connectivity index (χ0) is 12.1. The average Bonchev–Trinajstić information content (AvgIpc) is 2.90. The highest BCUT2D eigenvalue weighted by atomic mass is 32.1. The molecular formula is C13H9NO2S. The largest absolute Gasteiger partial charge is 0.457 e. The first-order valence-corrected chi connectivity index (χ1v) is 5.92. The van der Waals surface area contributed by atoms with Crippen LogP contribution in [0.15, 0.2) is 41.1 Å². The van der Waals surface area contributed by atoms with Gasteiger partial charge in [-0.1, -0.05) is 12.1 Å². The molecule has 84 valence electrons. The van der Waals surface area contributed by atoms with Crippen molar-refractivity contribution in [2.75, 3.05) is 0 Å². The molecule has 0 N–H and O–H groups in total. The van der Waals surface area contributed by atoms with Crippen LogP contribution in [0.2, 0.25) is 0 Å². The number of nitrogens with zero attached hydrogens (tertiary/aromatic N) is 1. The minimum Gasteiger partial charge on any atom is -0.457 e. The van der Waals surface area contributed by atoms with Crippen molar-refractivity contribution in [3.63, 3.8) is 0 Å². The average molecular weight is 243 g/mol. The second kappa shape index (κ2) is 5.28. The molecule has 0 unspecified atom stereocenters. The number of rotatable bonds is 3. The molecule has 1 aromatic heterocycles. The summed E-state index contributed by atoms with van der Waals surface area (Å²) in [5.41, 5.74) is 1.94. The topological polar surface area (TPSA) is 50.1 Å². The summed E-state index contributed by atoms with van der Waals surface area (Å²) in [6, 6.07) is 10.8. The maximum Gasteiger partial charge on any atom is 0.339 e. The lowest BCUT2D eigenvalue weighted by atomic mass is 10.1. The first-order chi connectivity index (χ1) is 8.29. The Balaban J connectivity index is 1.98. The molecule has 0 aliphatic rings. The molecule has 2 aromatic rings. The van der Waals surface area contributed by atoms with Gasteiger partial charge in [0.05, 0.1) is 17.2 Å². The summed E-state index contributed by atoms with van der Waals surface area (Å²) < 4.78 is 5.13. The summed E-state index contributed by atoms with van der Waals surface area (Å²) in [6.07, 6.45) is 0. The van der Waals surface area contributed by atoms with E-state index in [1.54, 1.807) is 29.6 Å². The van der Waals surface area contributed by atoms with Crippen LogP contribution in [0.5, 0.6) is 0 Å². The van der Waals surface area contributed by atoms with Crippen LogP contribution in [-0.4, -0.2) is 5.97 Å². The Morgan fingerprint density at radius 3 is 3.00 bits per heavy atom. The van der Waals surface area contributed by atoms with E-state index in [9.17, 15) is 4.79 Å². The van der Waals surface area contributed by atoms with Gasteiger partial charge in [0, 0.05) is 5.38 Å². The van der Waals surface area contributed by atoms with Gasteiger partial charge in [0.25, 0.3) is 0 Å². The molecule has 0 aliphatic carbocycles. The van der Waals surface area contributed by atoms with Gasteiger partial charge in [-0.15, -0.1) is 0 Å². The predicted molar refractivity (Wildman–Crippen MR) is 64.6 cm³/mol. The summed E-state index contributed by atoms with van der Waals surface area (Å²) in [7, 11) is 0. The SMILES string of the molecule is N#Cc1cccc(COC(=O)c2ccsc2)c1. The van der Waals surface area contributed by atoms with Crippen molar-refractivity contribution in [3.8, 4) is 6.07 Å². The minimum absolute atomic E-state index is 0.185. The first-order valence-electron chi connectivity index (χ1n) is 4.98. The highest BCUT2D eigenvalue weighted by molar-refractivity contribution is 7.08. The maximum absolute atomic E-state index is 11.6. The molecule has 0 saturated heterocycles. The molecule has 0 saturated carbocycles. The van der Waals surface area contributed by atoms with Crippen molar-refractivity contribution in [2.45, 2.75) is 6.61 Å². The van der Waals surface area contributed by atoms with Crippen LogP contribution >= 0.6 is 11.3 Å². The number of ether oxygens (including phenoxy) is 1. The van der Waals surface area contributed by atoms with Gasteiger partial charge in [-0.05, 0) is 29.1 Å². The molecule has 1 aromatic carbocycles. The van der Waals surface area contributed by atoms with E-state index >= 15 is 0 Å². The molecule has 0 radical (unpaired) electrons. The van der Waals surface area contributed by atoms with E-state index in [0.29, 0.717) is 11.1 Å². The molecule has 0 amide bonds. The van der Waals surface area contributed by atoms with Crippen molar-refractivity contribution in [3.05, 3.63) is 57.8 Å². The molecule has 0 aliphatic heterocycles. The van der Waals surface area contributed by atoms with E-state index in [1.807, 2.05) is 17.5 Å². The Morgan fingerprint density at radius 1 is 1.41 bits per heavy atom. The van der Waals surface area contributed by atoms with Crippen molar-refractivity contribution < 1.29 is 9.53 Å². The Hall–Kier alpha value is -2.12. The van der Waals surface area contributed by atoms with Gasteiger partial charge in [-0.3, -0.25) is 0 Å². The third-order valence-electron chi connectivity index (χ3n) is 2.18. The van der Waals surface area contributed by atoms with E-state index in [1.165, 1.54) is 11.3 Å². The second-order valence-electron chi connectivity index (χ2n) is 3.40. The number of benzene rings is 1. The molecule has 0 bridgehead atoms. The van der Waals surface area contributed by atoms with Gasteiger partial charge in [-0.25, -0.2) is 4.79 Å². The number of hydrogen-bond acceptors (Lipinski definition) is 4. The fraction of sp³-hybridized carbons (Fsp3) is 0.0769. The molecular weight excluding hydrogens is 234 g/mol. The molecule has 17 heavy (non-hydrogen) atoms. The van der Waals surface area contributed by atoms with Crippen LogP contribution in [0, 0.1) is 11.3 Å². The fourth-order valence-electron chi connectivity index (χ4n) is 1.34. The van der Waals surface area contributed by atoms with Gasteiger partial charge in [0.15, 0.2) is 0 Å². The minimum atomic E-state index is -0.339. The van der Waals surface area contributed by atoms with Crippen LogP contribution in [0.4, 0.5) is 0 Å². The zero-order valence-electron chi connectivity index (χ0n) is 8.92. The second-order valence-corrected chi connectivity index (χ2v) is 4.18. The van der Waals surface area contributed by atoms with Crippen molar-refractivity contribution in [1.29, 1.82) is 5.26 Å². The quantitative estimate of drug-likeness (QED) is 0.779. The van der Waals surface area contributed by atoms with Gasteiger partial charge in [0.2, 0.25) is 0 Å². The number of nitriles is 1. The standard InChI is InChI=1S/C13H9NO2S/c14-7-10-2-1-3-11(6-10)8-16-13(15)12-4-5-17-9-12/h1-6,9H,8H2. The normalized spacial score (nSPS) is 9.59. The molecule has 0 fully saturated rings. The lowest BCUT2D eigenvalue weighted by Crippen LogP contribution is -2.03. The molecule has 4 heteroatoms. The van der Waals surface area contributed by atoms with Gasteiger partial charge < -0.3 is 4.74 Å². The Labute approximate surface area is 103 Å². The maximum atomic E-state index is 11.6. The molecule has 3 nitrogen and oxygen atoms in total. The highest BCUT2D eigenvalue weighted by Crippen LogP contribution is 2.10. The van der Waals surface area contributed by atoms with Crippen LogP contribution in [0.25, 0.3) is 0 Å². The van der Waals surface area contributed by atoms with Crippen LogP contribution in [-0.2, 0) is 11.3 Å².